The van der Waals surface area contributed by atoms with Crippen LogP contribution in [0.5, 0.6) is 0 Å². The number of morpholine rings is 1. The summed E-state index contributed by atoms with van der Waals surface area (Å²) in [5.41, 5.74) is 2.33. The number of aryl methyl sites for hydroxylation is 1. The standard InChI is InChI=1S/C10H14N2O/c1-8-2-3-11-9(6-8)10-7-13-5-4-12-10/h2-3,6,10,12H,4-5,7H2,1H3/t10-/m0/s1. The van der Waals surface area contributed by atoms with E-state index in [0.29, 0.717) is 0 Å². The van der Waals surface area contributed by atoms with Crippen LogP contribution in [0.3, 0.4) is 0 Å². The number of rotatable bonds is 1. The lowest BCUT2D eigenvalue weighted by molar-refractivity contribution is 0.0756. The van der Waals surface area contributed by atoms with Crippen molar-refractivity contribution in [1.29, 1.82) is 0 Å². The molecule has 0 bridgehead atoms. The van der Waals surface area contributed by atoms with Gasteiger partial charge in [-0.15, -0.1) is 0 Å². The van der Waals surface area contributed by atoms with Gasteiger partial charge >= 0.3 is 0 Å². The van der Waals surface area contributed by atoms with E-state index in [1.54, 1.807) is 0 Å². The molecule has 1 atom stereocenters. The summed E-state index contributed by atoms with van der Waals surface area (Å²) in [4.78, 5) is 4.32. The molecule has 0 amide bonds. The number of pyridine rings is 1. The van der Waals surface area contributed by atoms with E-state index >= 15 is 0 Å². The lowest BCUT2D eigenvalue weighted by Gasteiger charge is -2.23. The van der Waals surface area contributed by atoms with Crippen LogP contribution in [-0.2, 0) is 4.74 Å². The second-order valence-electron chi connectivity index (χ2n) is 3.34. The Balaban J connectivity index is 2.14. The molecule has 2 heterocycles. The molecule has 13 heavy (non-hydrogen) atoms. The van der Waals surface area contributed by atoms with Gasteiger partial charge in [0.25, 0.3) is 0 Å². The summed E-state index contributed by atoms with van der Waals surface area (Å²) in [6, 6.07) is 4.38. The zero-order valence-electron chi connectivity index (χ0n) is 7.79. The lowest BCUT2D eigenvalue weighted by atomic mass is 10.1. The molecule has 0 saturated carbocycles. The van der Waals surface area contributed by atoms with Crippen molar-refractivity contribution in [3.8, 4) is 0 Å². The molecule has 1 saturated heterocycles. The monoisotopic (exact) mass is 178 g/mol. The Morgan fingerprint density at radius 3 is 3.23 bits per heavy atom. The summed E-state index contributed by atoms with van der Waals surface area (Å²) in [7, 11) is 0. The molecule has 1 aromatic heterocycles. The number of ether oxygens (including phenoxy) is 1. The van der Waals surface area contributed by atoms with Crippen LogP contribution < -0.4 is 5.32 Å². The highest BCUT2D eigenvalue weighted by Crippen LogP contribution is 2.13. The fourth-order valence-corrected chi connectivity index (χ4v) is 1.51. The molecule has 0 spiro atoms. The van der Waals surface area contributed by atoms with Crippen molar-refractivity contribution in [1.82, 2.24) is 10.3 Å². The third kappa shape index (κ3) is 2.05. The van der Waals surface area contributed by atoms with Gasteiger partial charge in [0.15, 0.2) is 0 Å². The zero-order chi connectivity index (χ0) is 9.10. The van der Waals surface area contributed by atoms with Crippen LogP contribution in [0.15, 0.2) is 18.3 Å². The minimum atomic E-state index is 0.272. The van der Waals surface area contributed by atoms with E-state index in [-0.39, 0.29) is 6.04 Å². The topological polar surface area (TPSA) is 34.1 Å². The van der Waals surface area contributed by atoms with Crippen molar-refractivity contribution in [2.75, 3.05) is 19.8 Å². The quantitative estimate of drug-likeness (QED) is 0.698. The van der Waals surface area contributed by atoms with E-state index in [2.05, 4.69) is 23.3 Å². The Bertz CT molecular complexity index is 282. The predicted octanol–water partition coefficient (Wildman–Crippen LogP) is 1.05. The van der Waals surface area contributed by atoms with Crippen molar-refractivity contribution in [2.45, 2.75) is 13.0 Å². The number of aromatic nitrogens is 1. The van der Waals surface area contributed by atoms with Crippen LogP contribution in [0.25, 0.3) is 0 Å². The average Bonchev–Trinajstić information content (AvgIpc) is 2.19. The third-order valence-corrected chi connectivity index (χ3v) is 2.22. The Labute approximate surface area is 78.1 Å². The molecule has 0 radical (unpaired) electrons. The maximum absolute atomic E-state index is 5.37. The molecule has 1 aromatic rings. The van der Waals surface area contributed by atoms with Gasteiger partial charge in [0.1, 0.15) is 0 Å². The normalized spacial score (nSPS) is 23.0. The van der Waals surface area contributed by atoms with Gasteiger partial charge in [-0.2, -0.15) is 0 Å². The highest BCUT2D eigenvalue weighted by Gasteiger charge is 2.15. The molecule has 0 unspecified atom stereocenters. The van der Waals surface area contributed by atoms with Crippen LogP contribution in [0.4, 0.5) is 0 Å². The zero-order valence-corrected chi connectivity index (χ0v) is 7.79. The molecule has 3 nitrogen and oxygen atoms in total. The van der Waals surface area contributed by atoms with E-state index in [0.717, 1.165) is 25.5 Å². The predicted molar refractivity (Wildman–Crippen MR) is 50.5 cm³/mol. The highest BCUT2D eigenvalue weighted by molar-refractivity contribution is 5.17. The van der Waals surface area contributed by atoms with Crippen molar-refractivity contribution < 1.29 is 4.74 Å². The number of hydrogen-bond acceptors (Lipinski definition) is 3. The SMILES string of the molecule is Cc1ccnc([C@@H]2COCCN2)c1. The maximum atomic E-state index is 5.37. The maximum Gasteiger partial charge on any atom is 0.0733 e. The molecular weight excluding hydrogens is 164 g/mol. The fourth-order valence-electron chi connectivity index (χ4n) is 1.51. The number of nitrogens with one attached hydrogen (secondary N) is 1. The van der Waals surface area contributed by atoms with Crippen LogP contribution in [0, 0.1) is 6.92 Å². The van der Waals surface area contributed by atoms with Gasteiger partial charge in [-0.3, -0.25) is 4.98 Å². The van der Waals surface area contributed by atoms with Gasteiger partial charge in [0.05, 0.1) is 24.9 Å². The first kappa shape index (κ1) is 8.66. The summed E-state index contributed by atoms with van der Waals surface area (Å²) in [6.45, 7) is 4.54. The smallest absolute Gasteiger partial charge is 0.0733 e. The number of nitrogens with zero attached hydrogens (tertiary/aromatic N) is 1. The van der Waals surface area contributed by atoms with Crippen molar-refractivity contribution in [3.05, 3.63) is 29.6 Å². The summed E-state index contributed by atoms with van der Waals surface area (Å²) in [6.07, 6.45) is 1.85. The summed E-state index contributed by atoms with van der Waals surface area (Å²) in [5, 5.41) is 3.38. The van der Waals surface area contributed by atoms with Gasteiger partial charge in [-0.1, -0.05) is 0 Å². The fraction of sp³-hybridized carbons (Fsp3) is 0.500. The second-order valence-corrected chi connectivity index (χ2v) is 3.34. The first-order chi connectivity index (χ1) is 6.36. The third-order valence-electron chi connectivity index (χ3n) is 2.22. The Kier molecular flexibility index (Phi) is 2.57. The summed E-state index contributed by atoms with van der Waals surface area (Å²) >= 11 is 0. The average molecular weight is 178 g/mol. The largest absolute Gasteiger partial charge is 0.378 e. The Hall–Kier alpha value is -0.930. The molecule has 70 valence electrons. The minimum absolute atomic E-state index is 0.272. The molecule has 0 aliphatic carbocycles. The summed E-state index contributed by atoms with van der Waals surface area (Å²) in [5.74, 6) is 0. The van der Waals surface area contributed by atoms with Gasteiger partial charge < -0.3 is 10.1 Å². The Morgan fingerprint density at radius 2 is 2.54 bits per heavy atom. The van der Waals surface area contributed by atoms with Gasteiger partial charge in [0.2, 0.25) is 0 Å². The highest BCUT2D eigenvalue weighted by atomic mass is 16.5. The van der Waals surface area contributed by atoms with Crippen LogP contribution in [0.1, 0.15) is 17.3 Å². The molecule has 1 fully saturated rings. The van der Waals surface area contributed by atoms with Crippen LogP contribution in [0.2, 0.25) is 0 Å². The molecule has 3 heteroatoms. The van der Waals surface area contributed by atoms with Gasteiger partial charge in [-0.25, -0.2) is 0 Å². The second kappa shape index (κ2) is 3.85. The van der Waals surface area contributed by atoms with Crippen LogP contribution >= 0.6 is 0 Å². The van der Waals surface area contributed by atoms with E-state index in [9.17, 15) is 0 Å². The Morgan fingerprint density at radius 1 is 1.62 bits per heavy atom. The molecular formula is C10H14N2O. The molecule has 0 aromatic carbocycles. The van der Waals surface area contributed by atoms with E-state index < -0.39 is 0 Å². The molecule has 1 aliphatic rings. The molecule has 1 aliphatic heterocycles. The van der Waals surface area contributed by atoms with Crippen molar-refractivity contribution in [3.63, 3.8) is 0 Å². The van der Waals surface area contributed by atoms with Crippen molar-refractivity contribution >= 4 is 0 Å². The first-order valence-electron chi connectivity index (χ1n) is 4.60. The minimum Gasteiger partial charge on any atom is -0.378 e. The van der Waals surface area contributed by atoms with Gasteiger partial charge in [-0.05, 0) is 24.6 Å². The van der Waals surface area contributed by atoms with E-state index in [1.807, 2.05) is 12.3 Å². The summed E-state index contributed by atoms with van der Waals surface area (Å²) < 4.78 is 5.37. The van der Waals surface area contributed by atoms with E-state index in [4.69, 9.17) is 4.74 Å². The number of hydrogen-bond donors (Lipinski definition) is 1. The first-order valence-corrected chi connectivity index (χ1v) is 4.60. The van der Waals surface area contributed by atoms with Crippen molar-refractivity contribution in [2.24, 2.45) is 0 Å². The molecule has 2 rings (SSSR count). The van der Waals surface area contributed by atoms with Gasteiger partial charge in [0, 0.05) is 12.7 Å². The molecule has 1 N–H and O–H groups in total. The van der Waals surface area contributed by atoms with E-state index in [1.165, 1.54) is 5.56 Å². The van der Waals surface area contributed by atoms with Crippen LogP contribution in [-0.4, -0.2) is 24.7 Å². The lowest BCUT2D eigenvalue weighted by Crippen LogP contribution is -2.35.